The Bertz CT molecular complexity index is 1020. The van der Waals surface area contributed by atoms with Crippen LogP contribution in [-0.4, -0.2) is 28.4 Å². The van der Waals surface area contributed by atoms with Crippen molar-refractivity contribution < 1.29 is 9.21 Å². The number of aryl methyl sites for hydroxylation is 1. The molecule has 0 aliphatic heterocycles. The molecular formula is C20H17ClN4O2S. The van der Waals surface area contributed by atoms with Crippen LogP contribution in [0.3, 0.4) is 0 Å². The van der Waals surface area contributed by atoms with E-state index < -0.39 is 0 Å². The monoisotopic (exact) mass is 412 g/mol. The minimum absolute atomic E-state index is 0.105. The summed E-state index contributed by atoms with van der Waals surface area (Å²) in [6.07, 6.45) is 0.223. The van der Waals surface area contributed by atoms with E-state index in [1.807, 2.05) is 31.2 Å². The van der Waals surface area contributed by atoms with Gasteiger partial charge in [-0.3, -0.25) is 4.79 Å². The molecule has 28 heavy (non-hydrogen) atoms. The molecule has 0 bridgehead atoms. The Labute approximate surface area is 172 Å². The number of anilines is 1. The Hall–Kier alpha value is -2.82. The first-order valence-electron chi connectivity index (χ1n) is 8.53. The number of aromatic nitrogens is 2. The largest absolute Gasteiger partial charge is 0.411 e. The van der Waals surface area contributed by atoms with Crippen molar-refractivity contribution >= 4 is 35.0 Å². The highest BCUT2D eigenvalue weighted by Gasteiger charge is 2.18. The van der Waals surface area contributed by atoms with E-state index in [4.69, 9.17) is 21.3 Å². The van der Waals surface area contributed by atoms with Crippen LogP contribution >= 0.6 is 23.4 Å². The summed E-state index contributed by atoms with van der Waals surface area (Å²) in [5.41, 5.74) is 2.55. The number of nitriles is 1. The number of carbonyl (C=O) groups is 1. The fourth-order valence-corrected chi connectivity index (χ4v) is 3.42. The van der Waals surface area contributed by atoms with Gasteiger partial charge in [0.25, 0.3) is 5.22 Å². The van der Waals surface area contributed by atoms with E-state index in [9.17, 15) is 4.79 Å². The SMILES string of the molecule is Cc1ccccc1-c1nnc(SCC(=O)N(CCC#N)c2cccc(Cl)c2)o1. The first kappa shape index (κ1) is 19.9. The summed E-state index contributed by atoms with van der Waals surface area (Å²) in [6.45, 7) is 2.25. The van der Waals surface area contributed by atoms with Crippen molar-refractivity contribution in [2.24, 2.45) is 0 Å². The molecule has 2 aromatic carbocycles. The lowest BCUT2D eigenvalue weighted by molar-refractivity contribution is -0.116. The average molecular weight is 413 g/mol. The summed E-state index contributed by atoms with van der Waals surface area (Å²) >= 11 is 7.20. The first-order chi connectivity index (χ1) is 13.6. The molecule has 8 heteroatoms. The van der Waals surface area contributed by atoms with Crippen molar-refractivity contribution in [2.45, 2.75) is 18.6 Å². The maximum atomic E-state index is 12.7. The molecule has 142 valence electrons. The zero-order chi connectivity index (χ0) is 19.9. The number of thioether (sulfide) groups is 1. The van der Waals surface area contributed by atoms with E-state index in [2.05, 4.69) is 16.3 Å². The van der Waals surface area contributed by atoms with Crippen molar-refractivity contribution in [1.29, 1.82) is 5.26 Å². The molecule has 6 nitrogen and oxygen atoms in total. The normalized spacial score (nSPS) is 10.5. The van der Waals surface area contributed by atoms with Crippen LogP contribution in [-0.2, 0) is 4.79 Å². The third kappa shape index (κ3) is 4.91. The predicted molar refractivity (Wildman–Crippen MR) is 109 cm³/mol. The Morgan fingerprint density at radius 3 is 2.82 bits per heavy atom. The third-order valence-electron chi connectivity index (χ3n) is 3.97. The zero-order valence-corrected chi connectivity index (χ0v) is 16.7. The molecule has 3 rings (SSSR count). The van der Waals surface area contributed by atoms with Crippen LogP contribution in [0.2, 0.25) is 5.02 Å². The molecular weight excluding hydrogens is 396 g/mol. The highest BCUT2D eigenvalue weighted by atomic mass is 35.5. The van der Waals surface area contributed by atoms with E-state index in [0.717, 1.165) is 22.9 Å². The van der Waals surface area contributed by atoms with Gasteiger partial charge in [-0.05, 0) is 36.8 Å². The number of halogens is 1. The first-order valence-corrected chi connectivity index (χ1v) is 9.90. The van der Waals surface area contributed by atoms with Gasteiger partial charge in [-0.1, -0.05) is 47.6 Å². The van der Waals surface area contributed by atoms with Crippen molar-refractivity contribution in [3.8, 4) is 17.5 Å². The highest BCUT2D eigenvalue weighted by molar-refractivity contribution is 7.99. The molecule has 0 radical (unpaired) electrons. The molecule has 1 heterocycles. The summed E-state index contributed by atoms with van der Waals surface area (Å²) in [7, 11) is 0. The Morgan fingerprint density at radius 2 is 2.07 bits per heavy atom. The van der Waals surface area contributed by atoms with E-state index in [1.165, 1.54) is 0 Å². The van der Waals surface area contributed by atoms with Gasteiger partial charge in [0.1, 0.15) is 0 Å². The van der Waals surface area contributed by atoms with Gasteiger partial charge < -0.3 is 9.32 Å². The van der Waals surface area contributed by atoms with Crippen molar-refractivity contribution in [2.75, 3.05) is 17.2 Å². The Balaban J connectivity index is 1.69. The minimum Gasteiger partial charge on any atom is -0.411 e. The second-order valence-electron chi connectivity index (χ2n) is 5.91. The second kappa shape index (κ2) is 9.40. The molecule has 0 aliphatic carbocycles. The maximum Gasteiger partial charge on any atom is 0.277 e. The maximum absolute atomic E-state index is 12.7. The molecule has 0 atom stereocenters. The third-order valence-corrected chi connectivity index (χ3v) is 5.01. The van der Waals surface area contributed by atoms with Gasteiger partial charge in [0.15, 0.2) is 0 Å². The standard InChI is InChI=1S/C20H17ClN4O2S/c1-14-6-2-3-9-17(14)19-23-24-20(27-19)28-13-18(26)25(11-5-10-22)16-8-4-7-15(21)12-16/h2-4,6-9,12H,5,11,13H2,1H3. The van der Waals surface area contributed by atoms with Crippen LogP contribution in [0.5, 0.6) is 0 Å². The van der Waals surface area contributed by atoms with Crippen LogP contribution in [0.1, 0.15) is 12.0 Å². The van der Waals surface area contributed by atoms with E-state index >= 15 is 0 Å². The van der Waals surface area contributed by atoms with Crippen molar-refractivity contribution in [1.82, 2.24) is 10.2 Å². The highest BCUT2D eigenvalue weighted by Crippen LogP contribution is 2.26. The van der Waals surface area contributed by atoms with Crippen LogP contribution in [0, 0.1) is 18.3 Å². The van der Waals surface area contributed by atoms with Crippen LogP contribution in [0.4, 0.5) is 5.69 Å². The predicted octanol–water partition coefficient (Wildman–Crippen LogP) is 4.74. The van der Waals surface area contributed by atoms with Gasteiger partial charge in [0, 0.05) is 22.8 Å². The van der Waals surface area contributed by atoms with Gasteiger partial charge in [0.2, 0.25) is 11.8 Å². The fourth-order valence-electron chi connectivity index (χ4n) is 2.59. The summed E-state index contributed by atoms with van der Waals surface area (Å²) in [6, 6.07) is 16.8. The van der Waals surface area contributed by atoms with E-state index in [0.29, 0.717) is 21.8 Å². The number of hydrogen-bond acceptors (Lipinski definition) is 6. The molecule has 3 aromatic rings. The van der Waals surface area contributed by atoms with Crippen LogP contribution < -0.4 is 4.90 Å². The summed E-state index contributed by atoms with van der Waals surface area (Å²) < 4.78 is 5.68. The molecule has 0 N–H and O–H groups in total. The van der Waals surface area contributed by atoms with Crippen molar-refractivity contribution in [3.63, 3.8) is 0 Å². The molecule has 0 unspecified atom stereocenters. The number of carbonyl (C=O) groups excluding carboxylic acids is 1. The lowest BCUT2D eigenvalue weighted by Gasteiger charge is -2.21. The molecule has 0 spiro atoms. The smallest absolute Gasteiger partial charge is 0.277 e. The summed E-state index contributed by atoms with van der Waals surface area (Å²) in [4.78, 5) is 14.3. The molecule has 0 saturated heterocycles. The number of benzene rings is 2. The van der Waals surface area contributed by atoms with Gasteiger partial charge in [-0.15, -0.1) is 10.2 Å². The lowest BCUT2D eigenvalue weighted by Crippen LogP contribution is -2.33. The van der Waals surface area contributed by atoms with E-state index in [-0.39, 0.29) is 24.6 Å². The Kier molecular flexibility index (Phi) is 6.69. The number of rotatable bonds is 7. The quantitative estimate of drug-likeness (QED) is 0.521. The Morgan fingerprint density at radius 1 is 1.25 bits per heavy atom. The topological polar surface area (TPSA) is 83.0 Å². The molecule has 0 saturated carbocycles. The van der Waals surface area contributed by atoms with Gasteiger partial charge in [-0.2, -0.15) is 5.26 Å². The van der Waals surface area contributed by atoms with Gasteiger partial charge >= 0.3 is 0 Å². The minimum atomic E-state index is -0.168. The molecule has 0 aliphatic rings. The molecule has 0 fully saturated rings. The molecule has 1 aromatic heterocycles. The van der Waals surface area contributed by atoms with E-state index in [1.54, 1.807) is 29.2 Å². The number of hydrogen-bond donors (Lipinski definition) is 0. The zero-order valence-electron chi connectivity index (χ0n) is 15.1. The van der Waals surface area contributed by atoms with Crippen LogP contribution in [0.25, 0.3) is 11.5 Å². The van der Waals surface area contributed by atoms with Crippen LogP contribution in [0.15, 0.2) is 58.2 Å². The van der Waals surface area contributed by atoms with Gasteiger partial charge in [0.05, 0.1) is 18.2 Å². The summed E-state index contributed by atoms with van der Waals surface area (Å²) in [5.74, 6) is 0.357. The number of nitrogens with zero attached hydrogens (tertiary/aromatic N) is 4. The second-order valence-corrected chi connectivity index (χ2v) is 7.27. The van der Waals surface area contributed by atoms with Gasteiger partial charge in [-0.25, -0.2) is 0 Å². The average Bonchev–Trinajstić information content (AvgIpc) is 3.16. The fraction of sp³-hybridized carbons (Fsp3) is 0.200. The lowest BCUT2D eigenvalue weighted by atomic mass is 10.1. The molecule has 1 amide bonds. The number of amides is 1. The summed E-state index contributed by atoms with van der Waals surface area (Å²) in [5, 5.41) is 17.8. The van der Waals surface area contributed by atoms with Crippen molar-refractivity contribution in [3.05, 3.63) is 59.1 Å².